The number of aryl methyl sites for hydroxylation is 1. The van der Waals surface area contributed by atoms with Gasteiger partial charge in [0, 0.05) is 5.88 Å². The van der Waals surface area contributed by atoms with Crippen molar-refractivity contribution in [3.63, 3.8) is 0 Å². The van der Waals surface area contributed by atoms with Crippen LogP contribution in [0.15, 0.2) is 24.3 Å². The van der Waals surface area contributed by atoms with Crippen LogP contribution in [0.5, 0.6) is 0 Å². The van der Waals surface area contributed by atoms with Crippen LogP contribution in [0.4, 0.5) is 0 Å². The van der Waals surface area contributed by atoms with Crippen molar-refractivity contribution in [3.05, 3.63) is 35.4 Å². The van der Waals surface area contributed by atoms with Crippen LogP contribution in [0.25, 0.3) is 0 Å². The molecule has 14 heavy (non-hydrogen) atoms. The topological polar surface area (TPSA) is 0 Å². The van der Waals surface area contributed by atoms with Crippen LogP contribution in [0.3, 0.4) is 0 Å². The fraction of sp³-hybridized carbons (Fsp3) is 0.538. The number of alkyl halides is 1. The number of rotatable bonds is 5. The van der Waals surface area contributed by atoms with Crippen molar-refractivity contribution in [1.82, 2.24) is 0 Å². The Bertz CT molecular complexity index is 250. The summed E-state index contributed by atoms with van der Waals surface area (Å²) in [6.07, 6.45) is 3.38. The average molecular weight is 211 g/mol. The van der Waals surface area contributed by atoms with Crippen LogP contribution in [-0.4, -0.2) is 5.88 Å². The van der Waals surface area contributed by atoms with Crippen molar-refractivity contribution in [3.8, 4) is 0 Å². The first-order valence-electron chi connectivity index (χ1n) is 5.42. The van der Waals surface area contributed by atoms with Crippen LogP contribution in [0.1, 0.15) is 43.7 Å². The molecule has 1 rings (SSSR count). The Morgan fingerprint density at radius 2 is 1.86 bits per heavy atom. The smallest absolute Gasteiger partial charge is 0.0226 e. The Morgan fingerprint density at radius 3 is 2.36 bits per heavy atom. The summed E-state index contributed by atoms with van der Waals surface area (Å²) < 4.78 is 0. The molecular weight excluding hydrogens is 192 g/mol. The lowest BCUT2D eigenvalue weighted by atomic mass is 9.97. The van der Waals surface area contributed by atoms with Gasteiger partial charge >= 0.3 is 0 Å². The molecule has 0 saturated heterocycles. The molecule has 1 aromatic rings. The first kappa shape index (κ1) is 11.6. The highest BCUT2D eigenvalue weighted by Crippen LogP contribution is 2.19. The highest BCUT2D eigenvalue weighted by atomic mass is 35.5. The molecule has 1 atom stereocenters. The van der Waals surface area contributed by atoms with E-state index in [-0.39, 0.29) is 0 Å². The number of halogens is 1. The third-order valence-electron chi connectivity index (χ3n) is 2.76. The van der Waals surface area contributed by atoms with Crippen LogP contribution < -0.4 is 0 Å². The summed E-state index contributed by atoms with van der Waals surface area (Å²) in [6, 6.07) is 8.96. The zero-order valence-electron chi connectivity index (χ0n) is 9.09. The number of benzene rings is 1. The molecule has 1 aromatic carbocycles. The Balaban J connectivity index is 2.59. The minimum Gasteiger partial charge on any atom is -0.127 e. The van der Waals surface area contributed by atoms with Crippen molar-refractivity contribution >= 4 is 11.6 Å². The summed E-state index contributed by atoms with van der Waals surface area (Å²) in [5.41, 5.74) is 2.85. The summed E-state index contributed by atoms with van der Waals surface area (Å²) in [6.45, 7) is 4.50. The molecule has 0 radical (unpaired) electrons. The molecule has 78 valence electrons. The van der Waals surface area contributed by atoms with E-state index in [9.17, 15) is 0 Å². The second kappa shape index (κ2) is 6.08. The second-order valence-corrected chi connectivity index (χ2v) is 4.22. The largest absolute Gasteiger partial charge is 0.127 e. The molecule has 0 heterocycles. The lowest BCUT2D eigenvalue weighted by Gasteiger charge is -2.09. The first-order valence-corrected chi connectivity index (χ1v) is 5.96. The monoisotopic (exact) mass is 210 g/mol. The van der Waals surface area contributed by atoms with Crippen molar-refractivity contribution in [2.75, 3.05) is 5.88 Å². The van der Waals surface area contributed by atoms with Crippen molar-refractivity contribution in [1.29, 1.82) is 0 Å². The number of hydrogen-bond donors (Lipinski definition) is 0. The minimum absolute atomic E-state index is 0.678. The van der Waals surface area contributed by atoms with E-state index in [0.29, 0.717) is 5.92 Å². The maximum atomic E-state index is 5.66. The Morgan fingerprint density at radius 1 is 1.21 bits per heavy atom. The van der Waals surface area contributed by atoms with Crippen LogP contribution in [0, 0.1) is 0 Å². The number of hydrogen-bond acceptors (Lipinski definition) is 0. The third kappa shape index (κ3) is 3.34. The summed E-state index contributed by atoms with van der Waals surface area (Å²) in [4.78, 5) is 0. The van der Waals surface area contributed by atoms with Gasteiger partial charge in [0.25, 0.3) is 0 Å². The van der Waals surface area contributed by atoms with E-state index in [1.165, 1.54) is 17.5 Å². The third-order valence-corrected chi connectivity index (χ3v) is 3.03. The van der Waals surface area contributed by atoms with E-state index >= 15 is 0 Å². The summed E-state index contributed by atoms with van der Waals surface area (Å²) in [5, 5.41) is 0. The molecule has 0 fully saturated rings. The molecule has 0 aromatic heterocycles. The van der Waals surface area contributed by atoms with Gasteiger partial charge in [-0.3, -0.25) is 0 Å². The highest BCUT2D eigenvalue weighted by molar-refractivity contribution is 6.17. The normalized spacial score (nSPS) is 12.8. The average Bonchev–Trinajstić information content (AvgIpc) is 2.26. The van der Waals surface area contributed by atoms with Gasteiger partial charge in [-0.05, 0) is 36.3 Å². The molecule has 1 unspecified atom stereocenters. The van der Waals surface area contributed by atoms with Gasteiger partial charge < -0.3 is 0 Å². The maximum Gasteiger partial charge on any atom is 0.0226 e. The molecule has 0 nitrogen and oxygen atoms in total. The van der Waals surface area contributed by atoms with Crippen molar-refractivity contribution in [2.45, 2.75) is 39.0 Å². The minimum atomic E-state index is 0.678. The second-order valence-electron chi connectivity index (χ2n) is 3.84. The fourth-order valence-electron chi connectivity index (χ4n) is 1.52. The fourth-order valence-corrected chi connectivity index (χ4v) is 1.65. The predicted molar refractivity (Wildman–Crippen MR) is 64.2 cm³/mol. The Kier molecular flexibility index (Phi) is 5.03. The van der Waals surface area contributed by atoms with Crippen LogP contribution in [0.2, 0.25) is 0 Å². The Hall–Kier alpha value is -0.490. The molecule has 0 bridgehead atoms. The molecule has 0 spiro atoms. The van der Waals surface area contributed by atoms with Gasteiger partial charge in [-0.1, -0.05) is 38.1 Å². The van der Waals surface area contributed by atoms with E-state index in [2.05, 4.69) is 38.1 Å². The van der Waals surface area contributed by atoms with Crippen molar-refractivity contribution < 1.29 is 0 Å². The van der Waals surface area contributed by atoms with Gasteiger partial charge in [-0.15, -0.1) is 11.6 Å². The molecule has 0 N–H and O–H groups in total. The molecular formula is C13H19Cl. The first-order chi connectivity index (χ1) is 6.77. The standard InChI is InChI=1S/C13H19Cl/c1-3-11(2)13-8-6-12(7-9-13)5-4-10-14/h6-9,11H,3-5,10H2,1-2H3. The lowest BCUT2D eigenvalue weighted by molar-refractivity contribution is 0.733. The predicted octanol–water partition coefficient (Wildman–Crippen LogP) is 4.37. The van der Waals surface area contributed by atoms with Crippen LogP contribution in [-0.2, 0) is 6.42 Å². The summed E-state index contributed by atoms with van der Waals surface area (Å²) in [5.74, 6) is 1.43. The van der Waals surface area contributed by atoms with Gasteiger partial charge in [-0.25, -0.2) is 0 Å². The zero-order chi connectivity index (χ0) is 10.4. The molecule has 0 aliphatic rings. The molecule has 0 amide bonds. The summed E-state index contributed by atoms with van der Waals surface area (Å²) >= 11 is 5.66. The van der Waals surface area contributed by atoms with E-state index < -0.39 is 0 Å². The quantitative estimate of drug-likeness (QED) is 0.633. The zero-order valence-corrected chi connectivity index (χ0v) is 9.85. The van der Waals surface area contributed by atoms with E-state index in [1.807, 2.05) is 0 Å². The van der Waals surface area contributed by atoms with Crippen molar-refractivity contribution in [2.24, 2.45) is 0 Å². The van der Waals surface area contributed by atoms with E-state index in [1.54, 1.807) is 0 Å². The lowest BCUT2D eigenvalue weighted by Crippen LogP contribution is -1.92. The van der Waals surface area contributed by atoms with Gasteiger partial charge in [0.1, 0.15) is 0 Å². The van der Waals surface area contributed by atoms with Crippen LogP contribution >= 0.6 is 11.6 Å². The summed E-state index contributed by atoms with van der Waals surface area (Å²) in [7, 11) is 0. The maximum absolute atomic E-state index is 5.66. The van der Waals surface area contributed by atoms with Gasteiger partial charge in [0.15, 0.2) is 0 Å². The molecule has 0 saturated carbocycles. The van der Waals surface area contributed by atoms with Gasteiger partial charge in [0.2, 0.25) is 0 Å². The Labute approximate surface area is 92.3 Å². The SMILES string of the molecule is CCC(C)c1ccc(CCCCl)cc1. The molecule has 0 aliphatic carbocycles. The van der Waals surface area contributed by atoms with Gasteiger partial charge in [0.05, 0.1) is 0 Å². The van der Waals surface area contributed by atoms with E-state index in [4.69, 9.17) is 11.6 Å². The van der Waals surface area contributed by atoms with E-state index in [0.717, 1.165) is 18.7 Å². The molecule has 1 heteroatoms. The van der Waals surface area contributed by atoms with Gasteiger partial charge in [-0.2, -0.15) is 0 Å². The highest BCUT2D eigenvalue weighted by Gasteiger charge is 2.01. The molecule has 0 aliphatic heterocycles.